The molecular weight excluding hydrogens is 240 g/mol. The lowest BCUT2D eigenvalue weighted by Crippen LogP contribution is -2.42. The van der Waals surface area contributed by atoms with Gasteiger partial charge in [-0.1, -0.05) is 6.92 Å². The van der Waals surface area contributed by atoms with Crippen LogP contribution in [0.4, 0.5) is 0 Å². The normalized spacial score (nSPS) is 27.9. The van der Waals surface area contributed by atoms with Gasteiger partial charge >= 0.3 is 0 Å². The fourth-order valence-electron chi connectivity index (χ4n) is 1.95. The van der Waals surface area contributed by atoms with Crippen LogP contribution in [-0.4, -0.2) is 42.8 Å². The van der Waals surface area contributed by atoms with E-state index in [1.165, 1.54) is 11.5 Å². The summed E-state index contributed by atoms with van der Waals surface area (Å²) in [5.74, 6) is 3.45. The van der Waals surface area contributed by atoms with Crippen molar-refractivity contribution in [3.63, 3.8) is 0 Å². The molecular formula is C10H18N4S2. The SMILES string of the molecule is CC1SCCSC1C(N)Cc1ncnn1C. The summed E-state index contributed by atoms with van der Waals surface area (Å²) in [6.45, 7) is 2.28. The summed E-state index contributed by atoms with van der Waals surface area (Å²) in [5, 5.41) is 5.25. The van der Waals surface area contributed by atoms with Crippen LogP contribution in [0.25, 0.3) is 0 Å². The second-order valence-electron chi connectivity index (χ2n) is 4.08. The molecule has 3 unspecified atom stereocenters. The second kappa shape index (κ2) is 5.42. The Morgan fingerprint density at radius 2 is 2.31 bits per heavy atom. The zero-order chi connectivity index (χ0) is 11.5. The lowest BCUT2D eigenvalue weighted by atomic mass is 10.1. The first-order valence-corrected chi connectivity index (χ1v) is 7.60. The first-order valence-electron chi connectivity index (χ1n) is 5.50. The van der Waals surface area contributed by atoms with Gasteiger partial charge in [0.25, 0.3) is 0 Å². The van der Waals surface area contributed by atoms with Crippen LogP contribution >= 0.6 is 23.5 Å². The third kappa shape index (κ3) is 2.73. The Morgan fingerprint density at radius 1 is 1.56 bits per heavy atom. The number of nitrogens with two attached hydrogens (primary N) is 1. The molecule has 2 heterocycles. The monoisotopic (exact) mass is 258 g/mol. The van der Waals surface area contributed by atoms with E-state index >= 15 is 0 Å². The number of aromatic nitrogens is 3. The average Bonchev–Trinajstić information content (AvgIpc) is 2.65. The van der Waals surface area contributed by atoms with E-state index in [2.05, 4.69) is 17.0 Å². The van der Waals surface area contributed by atoms with E-state index < -0.39 is 0 Å². The van der Waals surface area contributed by atoms with Gasteiger partial charge < -0.3 is 5.73 Å². The van der Waals surface area contributed by atoms with E-state index in [0.29, 0.717) is 10.5 Å². The molecule has 1 saturated heterocycles. The summed E-state index contributed by atoms with van der Waals surface area (Å²) in [7, 11) is 1.92. The Kier molecular flexibility index (Phi) is 4.16. The Morgan fingerprint density at radius 3 is 2.94 bits per heavy atom. The molecule has 6 heteroatoms. The summed E-state index contributed by atoms with van der Waals surface area (Å²) in [5.41, 5.74) is 6.28. The van der Waals surface area contributed by atoms with E-state index in [9.17, 15) is 0 Å². The molecule has 1 aromatic heterocycles. The van der Waals surface area contributed by atoms with Crippen LogP contribution in [0.2, 0.25) is 0 Å². The topological polar surface area (TPSA) is 56.7 Å². The second-order valence-corrected chi connectivity index (χ2v) is 6.85. The Bertz CT molecular complexity index is 341. The van der Waals surface area contributed by atoms with Crippen molar-refractivity contribution in [1.82, 2.24) is 14.8 Å². The standard InChI is InChI=1S/C10H18N4S2/c1-7-10(16-4-3-15-7)8(11)5-9-12-6-13-14(9)2/h6-8,10H,3-5,11H2,1-2H3. The number of hydrogen-bond donors (Lipinski definition) is 1. The molecule has 1 aliphatic rings. The molecule has 1 aromatic rings. The van der Waals surface area contributed by atoms with Crippen molar-refractivity contribution in [1.29, 1.82) is 0 Å². The minimum atomic E-state index is 0.177. The molecule has 0 aliphatic carbocycles. The Balaban J connectivity index is 1.96. The molecule has 0 amide bonds. The molecule has 4 nitrogen and oxygen atoms in total. The number of nitrogens with zero attached hydrogens (tertiary/aromatic N) is 3. The summed E-state index contributed by atoms with van der Waals surface area (Å²) < 4.78 is 1.81. The van der Waals surface area contributed by atoms with Crippen LogP contribution in [0, 0.1) is 0 Å². The Hall–Kier alpha value is -0.200. The minimum Gasteiger partial charge on any atom is -0.326 e. The smallest absolute Gasteiger partial charge is 0.138 e. The maximum atomic E-state index is 6.28. The van der Waals surface area contributed by atoms with Crippen LogP contribution in [0.15, 0.2) is 6.33 Å². The van der Waals surface area contributed by atoms with Crippen molar-refractivity contribution in [2.45, 2.75) is 29.9 Å². The number of thioether (sulfide) groups is 2. The molecule has 0 spiro atoms. The molecule has 2 N–H and O–H groups in total. The van der Waals surface area contributed by atoms with E-state index in [0.717, 1.165) is 12.2 Å². The first-order chi connectivity index (χ1) is 7.68. The summed E-state index contributed by atoms with van der Waals surface area (Å²) in [4.78, 5) is 4.23. The largest absolute Gasteiger partial charge is 0.326 e. The highest BCUT2D eigenvalue weighted by molar-refractivity contribution is 8.07. The molecule has 2 rings (SSSR count). The fourth-order valence-corrected chi connectivity index (χ4v) is 4.84. The quantitative estimate of drug-likeness (QED) is 0.874. The fraction of sp³-hybridized carbons (Fsp3) is 0.800. The summed E-state index contributed by atoms with van der Waals surface area (Å²) in [6.07, 6.45) is 2.41. The lowest BCUT2D eigenvalue weighted by molar-refractivity contribution is 0.579. The zero-order valence-corrected chi connectivity index (χ0v) is 11.3. The molecule has 0 saturated carbocycles. The van der Waals surface area contributed by atoms with E-state index in [1.54, 1.807) is 6.33 Å². The highest BCUT2D eigenvalue weighted by atomic mass is 32.2. The van der Waals surface area contributed by atoms with Crippen molar-refractivity contribution in [2.75, 3.05) is 11.5 Å². The van der Waals surface area contributed by atoms with Crippen LogP contribution in [-0.2, 0) is 13.5 Å². The summed E-state index contributed by atoms with van der Waals surface area (Å²) >= 11 is 4.03. The minimum absolute atomic E-state index is 0.177. The molecule has 0 bridgehead atoms. The predicted octanol–water partition coefficient (Wildman–Crippen LogP) is 0.922. The van der Waals surface area contributed by atoms with Gasteiger partial charge in [-0.3, -0.25) is 4.68 Å². The average molecular weight is 258 g/mol. The molecule has 90 valence electrons. The van der Waals surface area contributed by atoms with Crippen LogP contribution < -0.4 is 5.73 Å². The third-order valence-electron chi connectivity index (χ3n) is 2.88. The molecule has 1 aliphatic heterocycles. The van der Waals surface area contributed by atoms with E-state index in [4.69, 9.17) is 5.73 Å². The van der Waals surface area contributed by atoms with Crippen molar-refractivity contribution < 1.29 is 0 Å². The van der Waals surface area contributed by atoms with Crippen molar-refractivity contribution in [3.8, 4) is 0 Å². The maximum Gasteiger partial charge on any atom is 0.138 e. The highest BCUT2D eigenvalue weighted by Gasteiger charge is 2.28. The van der Waals surface area contributed by atoms with E-state index in [-0.39, 0.29) is 6.04 Å². The molecule has 16 heavy (non-hydrogen) atoms. The van der Waals surface area contributed by atoms with Gasteiger partial charge in [0.15, 0.2) is 0 Å². The van der Waals surface area contributed by atoms with Crippen molar-refractivity contribution >= 4 is 23.5 Å². The lowest BCUT2D eigenvalue weighted by Gasteiger charge is -2.32. The Labute approximate surface area is 105 Å². The molecule has 1 fully saturated rings. The van der Waals surface area contributed by atoms with E-state index in [1.807, 2.05) is 35.3 Å². The van der Waals surface area contributed by atoms with Gasteiger partial charge in [-0.2, -0.15) is 28.6 Å². The molecule has 3 atom stereocenters. The van der Waals surface area contributed by atoms with Gasteiger partial charge in [-0.15, -0.1) is 0 Å². The van der Waals surface area contributed by atoms with Gasteiger partial charge in [0, 0.05) is 41.5 Å². The third-order valence-corrected chi connectivity index (χ3v) is 6.15. The van der Waals surface area contributed by atoms with Gasteiger partial charge in [0.05, 0.1) is 0 Å². The first kappa shape index (κ1) is 12.3. The van der Waals surface area contributed by atoms with Gasteiger partial charge in [-0.25, -0.2) is 4.98 Å². The highest BCUT2D eigenvalue weighted by Crippen LogP contribution is 2.33. The zero-order valence-electron chi connectivity index (χ0n) is 9.67. The van der Waals surface area contributed by atoms with Gasteiger partial charge in [0.1, 0.15) is 12.2 Å². The van der Waals surface area contributed by atoms with Gasteiger partial charge in [-0.05, 0) is 0 Å². The van der Waals surface area contributed by atoms with Crippen molar-refractivity contribution in [3.05, 3.63) is 12.2 Å². The van der Waals surface area contributed by atoms with Gasteiger partial charge in [0.2, 0.25) is 0 Å². The van der Waals surface area contributed by atoms with Crippen LogP contribution in [0.1, 0.15) is 12.7 Å². The number of rotatable bonds is 3. The predicted molar refractivity (Wildman–Crippen MR) is 70.8 cm³/mol. The van der Waals surface area contributed by atoms with Crippen LogP contribution in [0.3, 0.4) is 0 Å². The molecule has 0 radical (unpaired) electrons. The molecule has 0 aromatic carbocycles. The van der Waals surface area contributed by atoms with Crippen molar-refractivity contribution in [2.24, 2.45) is 12.8 Å². The number of aryl methyl sites for hydroxylation is 1. The van der Waals surface area contributed by atoms with Crippen LogP contribution in [0.5, 0.6) is 0 Å². The maximum absolute atomic E-state index is 6.28. The number of hydrogen-bond acceptors (Lipinski definition) is 5. The summed E-state index contributed by atoms with van der Waals surface area (Å²) in [6, 6.07) is 0.177.